The average Bonchev–Trinajstić information content (AvgIpc) is 2.89. The van der Waals surface area contributed by atoms with E-state index in [0.29, 0.717) is 0 Å². The van der Waals surface area contributed by atoms with Gasteiger partial charge >= 0.3 is 6.09 Å². The number of rotatable bonds is 1. The van der Waals surface area contributed by atoms with Gasteiger partial charge in [-0.3, -0.25) is 4.57 Å². The van der Waals surface area contributed by atoms with E-state index in [0.717, 1.165) is 16.3 Å². The Balaban J connectivity index is 2.40. The highest BCUT2D eigenvalue weighted by molar-refractivity contribution is 6.89. The maximum absolute atomic E-state index is 12.3. The Kier molecular flexibility index (Phi) is 5.05. The molecular weight excluding hydrogens is 314 g/mol. The highest BCUT2D eigenvalue weighted by Gasteiger charge is 2.25. The third kappa shape index (κ3) is 4.87. The van der Waals surface area contributed by atoms with Crippen molar-refractivity contribution in [2.24, 2.45) is 0 Å². The van der Waals surface area contributed by atoms with Crippen molar-refractivity contribution in [2.75, 3.05) is 0 Å². The minimum atomic E-state index is -1.63. The molecule has 0 saturated carbocycles. The first-order chi connectivity index (χ1) is 11.1. The first kappa shape index (κ1) is 18.1. The van der Waals surface area contributed by atoms with Gasteiger partial charge in [0.2, 0.25) is 0 Å². The number of aromatic nitrogens is 1. The van der Waals surface area contributed by atoms with Gasteiger partial charge in [0.15, 0.2) is 0 Å². The van der Waals surface area contributed by atoms with E-state index in [-0.39, 0.29) is 6.09 Å². The Labute approximate surface area is 145 Å². The molecule has 126 valence electrons. The van der Waals surface area contributed by atoms with Crippen LogP contribution in [0.25, 0.3) is 0 Å². The fourth-order valence-electron chi connectivity index (χ4n) is 2.23. The van der Waals surface area contributed by atoms with Crippen molar-refractivity contribution in [3.8, 4) is 11.8 Å². The largest absolute Gasteiger partial charge is 0.443 e. The van der Waals surface area contributed by atoms with Crippen LogP contribution in [-0.4, -0.2) is 24.3 Å². The Morgan fingerprint density at radius 3 is 2.21 bits per heavy atom. The molecule has 0 bridgehead atoms. The summed E-state index contributed by atoms with van der Waals surface area (Å²) in [5, 5.41) is 1.16. The zero-order valence-electron chi connectivity index (χ0n) is 15.3. The second-order valence-corrected chi connectivity index (χ2v) is 12.9. The van der Waals surface area contributed by atoms with E-state index in [1.807, 2.05) is 57.3 Å². The standard InChI is InChI=1S/C20H25NO2Si/c1-20(2,3)23-19(22)21-14-17(18(15-21)24(4,5)6)13-12-16-10-8-7-9-11-16/h7-11,14-15H,1-6H3. The fraction of sp³-hybridized carbons (Fsp3) is 0.350. The van der Waals surface area contributed by atoms with Crippen LogP contribution in [0.3, 0.4) is 0 Å². The highest BCUT2D eigenvalue weighted by Crippen LogP contribution is 2.12. The summed E-state index contributed by atoms with van der Waals surface area (Å²) in [7, 11) is -1.63. The molecule has 0 amide bonds. The van der Waals surface area contributed by atoms with Crippen LogP contribution in [-0.2, 0) is 4.74 Å². The summed E-state index contributed by atoms with van der Waals surface area (Å²) in [5.41, 5.74) is 1.35. The normalized spacial score (nSPS) is 11.6. The second-order valence-electron chi connectivity index (χ2n) is 7.84. The summed E-state index contributed by atoms with van der Waals surface area (Å²) in [6.07, 6.45) is 3.31. The maximum atomic E-state index is 12.3. The van der Waals surface area contributed by atoms with Crippen molar-refractivity contribution in [3.05, 3.63) is 53.9 Å². The molecule has 1 heterocycles. The van der Waals surface area contributed by atoms with Crippen LogP contribution in [0.15, 0.2) is 42.7 Å². The lowest BCUT2D eigenvalue weighted by atomic mass is 10.2. The number of hydrogen-bond acceptors (Lipinski definition) is 2. The quantitative estimate of drug-likeness (QED) is 0.575. The molecule has 24 heavy (non-hydrogen) atoms. The van der Waals surface area contributed by atoms with Gasteiger partial charge in [0.1, 0.15) is 5.60 Å². The first-order valence-corrected chi connectivity index (χ1v) is 11.6. The van der Waals surface area contributed by atoms with Crippen molar-refractivity contribution in [1.82, 2.24) is 4.57 Å². The van der Waals surface area contributed by atoms with E-state index in [1.165, 1.54) is 4.57 Å². The first-order valence-electron chi connectivity index (χ1n) is 8.09. The molecule has 1 aromatic carbocycles. The van der Waals surface area contributed by atoms with Crippen LogP contribution in [0, 0.1) is 11.8 Å². The summed E-state index contributed by atoms with van der Waals surface area (Å²) in [4.78, 5) is 12.3. The van der Waals surface area contributed by atoms with Gasteiger partial charge < -0.3 is 4.74 Å². The van der Waals surface area contributed by atoms with Crippen LogP contribution >= 0.6 is 0 Å². The highest BCUT2D eigenvalue weighted by atomic mass is 28.3. The average molecular weight is 340 g/mol. The predicted octanol–water partition coefficient (Wildman–Crippen LogP) is 4.22. The lowest BCUT2D eigenvalue weighted by molar-refractivity contribution is 0.0537. The molecule has 0 atom stereocenters. The zero-order chi connectivity index (χ0) is 18.0. The van der Waals surface area contributed by atoms with E-state index in [2.05, 4.69) is 31.5 Å². The van der Waals surface area contributed by atoms with Gasteiger partial charge in [-0.05, 0) is 38.1 Å². The van der Waals surface area contributed by atoms with E-state index in [9.17, 15) is 4.79 Å². The minimum Gasteiger partial charge on any atom is -0.443 e. The zero-order valence-corrected chi connectivity index (χ0v) is 16.3. The predicted molar refractivity (Wildman–Crippen MR) is 101 cm³/mol. The molecule has 1 aromatic heterocycles. The summed E-state index contributed by atoms with van der Waals surface area (Å²) in [6, 6.07) is 9.86. The SMILES string of the molecule is CC(C)(C)OC(=O)n1cc(C#Cc2ccccc2)c([Si](C)(C)C)c1. The molecule has 2 rings (SSSR count). The molecule has 0 fully saturated rings. The lowest BCUT2D eigenvalue weighted by Crippen LogP contribution is -2.38. The molecule has 4 heteroatoms. The summed E-state index contributed by atoms with van der Waals surface area (Å²) in [5.74, 6) is 6.41. The molecule has 0 aliphatic heterocycles. The summed E-state index contributed by atoms with van der Waals surface area (Å²) >= 11 is 0. The number of ether oxygens (including phenoxy) is 1. The van der Waals surface area contributed by atoms with Crippen LogP contribution in [0.2, 0.25) is 19.6 Å². The van der Waals surface area contributed by atoms with Gasteiger partial charge in [0.05, 0.1) is 8.07 Å². The molecule has 0 unspecified atom stereocenters. The number of carbonyl (C=O) groups is 1. The summed E-state index contributed by atoms with van der Waals surface area (Å²) in [6.45, 7) is 12.3. The fourth-order valence-corrected chi connectivity index (χ4v) is 3.69. The second kappa shape index (κ2) is 6.70. The van der Waals surface area contributed by atoms with Gasteiger partial charge in [-0.25, -0.2) is 4.79 Å². The molecule has 0 N–H and O–H groups in total. The number of carbonyl (C=O) groups excluding carboxylic acids is 1. The van der Waals surface area contributed by atoms with Crippen LogP contribution in [0.4, 0.5) is 4.79 Å². The summed E-state index contributed by atoms with van der Waals surface area (Å²) < 4.78 is 6.98. The van der Waals surface area contributed by atoms with Crippen molar-refractivity contribution in [3.63, 3.8) is 0 Å². The van der Waals surface area contributed by atoms with Crippen molar-refractivity contribution in [2.45, 2.75) is 46.0 Å². The van der Waals surface area contributed by atoms with Crippen molar-refractivity contribution < 1.29 is 9.53 Å². The van der Waals surface area contributed by atoms with Gasteiger partial charge in [-0.2, -0.15) is 0 Å². The third-order valence-electron chi connectivity index (χ3n) is 3.35. The number of nitrogens with zero attached hydrogens (tertiary/aromatic N) is 1. The van der Waals surface area contributed by atoms with E-state index >= 15 is 0 Å². The van der Waals surface area contributed by atoms with Crippen LogP contribution in [0.5, 0.6) is 0 Å². The Morgan fingerprint density at radius 2 is 1.67 bits per heavy atom. The molecule has 0 aliphatic rings. The lowest BCUT2D eigenvalue weighted by Gasteiger charge is -2.19. The maximum Gasteiger partial charge on any atom is 0.418 e. The Hall–Kier alpha value is -2.25. The van der Waals surface area contributed by atoms with Crippen molar-refractivity contribution in [1.29, 1.82) is 0 Å². The van der Waals surface area contributed by atoms with Crippen LogP contribution < -0.4 is 5.19 Å². The third-order valence-corrected chi connectivity index (χ3v) is 5.37. The Bertz CT molecular complexity index is 781. The molecule has 0 radical (unpaired) electrons. The smallest absolute Gasteiger partial charge is 0.418 e. The molecule has 0 saturated heterocycles. The van der Waals surface area contributed by atoms with Crippen molar-refractivity contribution >= 4 is 19.4 Å². The molecule has 0 spiro atoms. The van der Waals surface area contributed by atoms with Gasteiger partial charge in [0, 0.05) is 23.5 Å². The monoisotopic (exact) mass is 339 g/mol. The van der Waals surface area contributed by atoms with E-state index in [4.69, 9.17) is 4.74 Å². The molecule has 3 nitrogen and oxygen atoms in total. The van der Waals surface area contributed by atoms with E-state index in [1.54, 1.807) is 6.20 Å². The molecular formula is C20H25NO2Si. The number of benzene rings is 1. The van der Waals surface area contributed by atoms with Gasteiger partial charge in [0.25, 0.3) is 0 Å². The van der Waals surface area contributed by atoms with Gasteiger partial charge in [-0.15, -0.1) is 0 Å². The van der Waals surface area contributed by atoms with Gasteiger partial charge in [-0.1, -0.05) is 49.7 Å². The number of hydrogen-bond donors (Lipinski definition) is 0. The van der Waals surface area contributed by atoms with E-state index < -0.39 is 13.7 Å². The molecule has 2 aromatic rings. The Morgan fingerprint density at radius 1 is 1.04 bits per heavy atom. The minimum absolute atomic E-state index is 0.366. The van der Waals surface area contributed by atoms with Crippen LogP contribution in [0.1, 0.15) is 31.9 Å². The molecule has 0 aliphatic carbocycles. The topological polar surface area (TPSA) is 31.2 Å².